The molecule has 1 N–H and O–H groups in total. The first-order chi connectivity index (χ1) is 7.94. The molecular formula is C12H16O4S. The van der Waals surface area contributed by atoms with Crippen LogP contribution in [0, 0.1) is 0 Å². The van der Waals surface area contributed by atoms with Crippen LogP contribution < -0.4 is 0 Å². The molecule has 1 aromatic heterocycles. The minimum Gasteiger partial charge on any atom is -0.481 e. The summed E-state index contributed by atoms with van der Waals surface area (Å²) in [5.74, 6) is -1.29. The molecule has 4 nitrogen and oxygen atoms in total. The smallest absolute Gasteiger partial charge is 0.308 e. The first-order valence-electron chi connectivity index (χ1n) is 5.54. The summed E-state index contributed by atoms with van der Waals surface area (Å²) < 4.78 is 11.2. The van der Waals surface area contributed by atoms with Gasteiger partial charge in [0.05, 0.1) is 19.1 Å². The molecule has 5 heteroatoms. The predicted molar refractivity (Wildman–Crippen MR) is 64.3 cm³/mol. The molecule has 1 aliphatic rings. The molecule has 0 bridgehead atoms. The van der Waals surface area contributed by atoms with Gasteiger partial charge in [-0.1, -0.05) is 0 Å². The zero-order valence-corrected chi connectivity index (χ0v) is 10.8. The standard InChI is InChI=1S/C12H16O4S/c1-12(2)15-6-9(16-12)3-8-4-10(17-7-8)5-11(13)14/h4,7,9H,3,5-6H2,1-2H3,(H,13,14). The summed E-state index contributed by atoms with van der Waals surface area (Å²) in [4.78, 5) is 11.4. The molecule has 0 radical (unpaired) electrons. The van der Waals surface area contributed by atoms with Crippen LogP contribution in [0.1, 0.15) is 24.3 Å². The maximum atomic E-state index is 10.6. The van der Waals surface area contributed by atoms with Crippen molar-refractivity contribution in [1.82, 2.24) is 0 Å². The fourth-order valence-corrected chi connectivity index (χ4v) is 2.79. The van der Waals surface area contributed by atoms with Gasteiger partial charge in [0, 0.05) is 11.3 Å². The molecule has 0 aromatic carbocycles. The van der Waals surface area contributed by atoms with Crippen molar-refractivity contribution in [2.24, 2.45) is 0 Å². The second kappa shape index (κ2) is 4.76. The van der Waals surface area contributed by atoms with E-state index < -0.39 is 11.8 Å². The summed E-state index contributed by atoms with van der Waals surface area (Å²) in [6.45, 7) is 4.39. The number of carboxylic acids is 1. The van der Waals surface area contributed by atoms with Crippen molar-refractivity contribution in [3.05, 3.63) is 21.9 Å². The van der Waals surface area contributed by atoms with E-state index in [0.717, 1.165) is 16.9 Å². The number of aliphatic carboxylic acids is 1. The summed E-state index contributed by atoms with van der Waals surface area (Å²) in [6.07, 6.45) is 0.940. The van der Waals surface area contributed by atoms with Crippen molar-refractivity contribution >= 4 is 17.3 Å². The third-order valence-corrected chi connectivity index (χ3v) is 3.55. The molecule has 0 saturated carbocycles. The molecule has 1 atom stereocenters. The van der Waals surface area contributed by atoms with E-state index in [4.69, 9.17) is 14.6 Å². The van der Waals surface area contributed by atoms with Crippen LogP contribution in [-0.4, -0.2) is 29.6 Å². The lowest BCUT2D eigenvalue weighted by Crippen LogP contribution is -2.22. The topological polar surface area (TPSA) is 55.8 Å². The minimum absolute atomic E-state index is 0.0669. The molecule has 1 fully saturated rings. The zero-order valence-electron chi connectivity index (χ0n) is 9.93. The maximum Gasteiger partial charge on any atom is 0.308 e. The van der Waals surface area contributed by atoms with Gasteiger partial charge in [0.2, 0.25) is 0 Å². The maximum absolute atomic E-state index is 10.6. The largest absolute Gasteiger partial charge is 0.481 e. The first kappa shape index (κ1) is 12.5. The molecule has 1 saturated heterocycles. The second-order valence-electron chi connectivity index (χ2n) is 4.65. The van der Waals surface area contributed by atoms with Crippen molar-refractivity contribution in [3.8, 4) is 0 Å². The Hall–Kier alpha value is -0.910. The van der Waals surface area contributed by atoms with Crippen LogP contribution in [0.5, 0.6) is 0 Å². The van der Waals surface area contributed by atoms with Gasteiger partial charge in [0.1, 0.15) is 0 Å². The molecule has 2 rings (SSSR count). The quantitative estimate of drug-likeness (QED) is 0.896. The highest BCUT2D eigenvalue weighted by Crippen LogP contribution is 2.26. The van der Waals surface area contributed by atoms with Crippen molar-refractivity contribution in [3.63, 3.8) is 0 Å². The molecular weight excluding hydrogens is 240 g/mol. The summed E-state index contributed by atoms with van der Waals surface area (Å²) in [7, 11) is 0. The van der Waals surface area contributed by atoms with Crippen LogP contribution in [-0.2, 0) is 27.1 Å². The van der Waals surface area contributed by atoms with E-state index >= 15 is 0 Å². The summed E-state index contributed by atoms with van der Waals surface area (Å²) >= 11 is 1.48. The molecule has 0 aliphatic carbocycles. The number of hydrogen-bond acceptors (Lipinski definition) is 4. The van der Waals surface area contributed by atoms with Crippen LogP contribution in [0.3, 0.4) is 0 Å². The van der Waals surface area contributed by atoms with Gasteiger partial charge in [-0.05, 0) is 30.9 Å². The van der Waals surface area contributed by atoms with Crippen LogP contribution in [0.15, 0.2) is 11.4 Å². The number of ether oxygens (including phenoxy) is 2. The monoisotopic (exact) mass is 256 g/mol. The number of carboxylic acid groups (broad SMARTS) is 1. The Morgan fingerprint density at radius 2 is 2.41 bits per heavy atom. The molecule has 94 valence electrons. The number of rotatable bonds is 4. The average molecular weight is 256 g/mol. The highest BCUT2D eigenvalue weighted by Gasteiger charge is 2.32. The van der Waals surface area contributed by atoms with Crippen molar-refractivity contribution in [2.75, 3.05) is 6.61 Å². The van der Waals surface area contributed by atoms with Gasteiger partial charge in [-0.2, -0.15) is 0 Å². The predicted octanol–water partition coefficient (Wildman–Crippen LogP) is 2.07. The number of thiophene rings is 1. The molecule has 0 amide bonds. The van der Waals surface area contributed by atoms with E-state index in [0.29, 0.717) is 6.61 Å². The van der Waals surface area contributed by atoms with Crippen LogP contribution in [0.2, 0.25) is 0 Å². The van der Waals surface area contributed by atoms with Gasteiger partial charge in [0.25, 0.3) is 0 Å². The highest BCUT2D eigenvalue weighted by atomic mass is 32.1. The SMILES string of the molecule is CC1(C)OCC(Cc2csc(CC(=O)O)c2)O1. The Kier molecular flexibility index (Phi) is 3.51. The van der Waals surface area contributed by atoms with E-state index in [1.54, 1.807) is 0 Å². The van der Waals surface area contributed by atoms with E-state index in [-0.39, 0.29) is 12.5 Å². The first-order valence-corrected chi connectivity index (χ1v) is 6.42. The lowest BCUT2D eigenvalue weighted by Gasteiger charge is -2.16. The Bertz CT molecular complexity index is 410. The van der Waals surface area contributed by atoms with Crippen molar-refractivity contribution in [2.45, 2.75) is 38.6 Å². The summed E-state index contributed by atoms with van der Waals surface area (Å²) in [5.41, 5.74) is 1.12. The second-order valence-corrected chi connectivity index (χ2v) is 5.64. The molecule has 17 heavy (non-hydrogen) atoms. The lowest BCUT2D eigenvalue weighted by atomic mass is 10.1. The zero-order chi connectivity index (χ0) is 12.5. The van der Waals surface area contributed by atoms with E-state index in [1.807, 2.05) is 25.3 Å². The van der Waals surface area contributed by atoms with E-state index in [9.17, 15) is 4.79 Å². The van der Waals surface area contributed by atoms with Crippen molar-refractivity contribution < 1.29 is 19.4 Å². The summed E-state index contributed by atoms with van der Waals surface area (Å²) in [5, 5.41) is 10.7. The van der Waals surface area contributed by atoms with Crippen LogP contribution in [0.25, 0.3) is 0 Å². The van der Waals surface area contributed by atoms with Gasteiger partial charge >= 0.3 is 5.97 Å². The Labute approximate surface area is 104 Å². The highest BCUT2D eigenvalue weighted by molar-refractivity contribution is 7.10. The Balaban J connectivity index is 1.91. The fourth-order valence-electron chi connectivity index (χ4n) is 1.90. The molecule has 1 aromatic rings. The molecule has 1 unspecified atom stereocenters. The summed E-state index contributed by atoms with van der Waals surface area (Å²) in [6, 6.07) is 1.94. The Morgan fingerprint density at radius 1 is 1.65 bits per heavy atom. The van der Waals surface area contributed by atoms with Gasteiger partial charge in [0.15, 0.2) is 5.79 Å². The molecule has 0 spiro atoms. The van der Waals surface area contributed by atoms with Crippen LogP contribution >= 0.6 is 11.3 Å². The molecule has 2 heterocycles. The average Bonchev–Trinajstić information content (AvgIpc) is 2.73. The normalized spacial score (nSPS) is 22.8. The van der Waals surface area contributed by atoms with Gasteiger partial charge in [-0.15, -0.1) is 11.3 Å². The van der Waals surface area contributed by atoms with Crippen LogP contribution in [0.4, 0.5) is 0 Å². The van der Waals surface area contributed by atoms with E-state index in [1.165, 1.54) is 11.3 Å². The van der Waals surface area contributed by atoms with Gasteiger partial charge in [-0.3, -0.25) is 4.79 Å². The van der Waals surface area contributed by atoms with Gasteiger partial charge in [-0.25, -0.2) is 0 Å². The van der Waals surface area contributed by atoms with Crippen molar-refractivity contribution in [1.29, 1.82) is 0 Å². The third-order valence-electron chi connectivity index (χ3n) is 2.56. The number of hydrogen-bond donors (Lipinski definition) is 1. The lowest BCUT2D eigenvalue weighted by molar-refractivity contribution is -0.138. The fraction of sp³-hybridized carbons (Fsp3) is 0.583. The van der Waals surface area contributed by atoms with E-state index in [2.05, 4.69) is 0 Å². The third kappa shape index (κ3) is 3.52. The minimum atomic E-state index is -0.792. The molecule has 1 aliphatic heterocycles. The number of carbonyl (C=O) groups is 1. The Morgan fingerprint density at radius 3 is 3.00 bits per heavy atom. The van der Waals surface area contributed by atoms with Gasteiger partial charge < -0.3 is 14.6 Å².